The predicted octanol–water partition coefficient (Wildman–Crippen LogP) is 5.25. The fourth-order valence-corrected chi connectivity index (χ4v) is 4.08. The molecular formula is C23H18FN3O3S2. The van der Waals surface area contributed by atoms with E-state index >= 15 is 0 Å². The van der Waals surface area contributed by atoms with Crippen molar-refractivity contribution in [3.05, 3.63) is 93.4 Å². The maximum absolute atomic E-state index is 13.0. The number of thiazole rings is 1. The molecule has 2 heterocycles. The summed E-state index contributed by atoms with van der Waals surface area (Å²) in [6.07, 6.45) is 0.122. The quantitative estimate of drug-likeness (QED) is 0.371. The van der Waals surface area contributed by atoms with Crippen LogP contribution in [-0.2, 0) is 17.8 Å². The van der Waals surface area contributed by atoms with E-state index in [4.69, 9.17) is 4.74 Å². The van der Waals surface area contributed by atoms with Gasteiger partial charge in [0.15, 0.2) is 5.13 Å². The Morgan fingerprint density at radius 1 is 0.969 bits per heavy atom. The van der Waals surface area contributed by atoms with Gasteiger partial charge in [-0.1, -0.05) is 18.2 Å². The van der Waals surface area contributed by atoms with E-state index in [0.29, 0.717) is 33.7 Å². The van der Waals surface area contributed by atoms with Gasteiger partial charge in [-0.05, 0) is 53.4 Å². The third-order valence-corrected chi connectivity index (χ3v) is 6.00. The van der Waals surface area contributed by atoms with E-state index in [0.717, 1.165) is 5.56 Å². The van der Waals surface area contributed by atoms with E-state index in [1.54, 1.807) is 35.7 Å². The summed E-state index contributed by atoms with van der Waals surface area (Å²) in [5, 5.41) is 9.64. The molecule has 0 aliphatic rings. The highest BCUT2D eigenvalue weighted by Gasteiger charge is 2.12. The van der Waals surface area contributed by atoms with Crippen LogP contribution in [0, 0.1) is 5.82 Å². The van der Waals surface area contributed by atoms with Crippen molar-refractivity contribution in [3.8, 4) is 11.5 Å². The lowest BCUT2D eigenvalue weighted by Crippen LogP contribution is -2.24. The van der Waals surface area contributed by atoms with Crippen molar-refractivity contribution in [2.24, 2.45) is 0 Å². The Morgan fingerprint density at radius 2 is 1.69 bits per heavy atom. The molecule has 4 rings (SSSR count). The summed E-state index contributed by atoms with van der Waals surface area (Å²) in [5.41, 5.74) is 1.50. The minimum Gasteiger partial charge on any atom is -0.457 e. The fraction of sp³-hybridized carbons (Fsp3) is 0.0870. The molecule has 0 bridgehead atoms. The number of carbonyl (C=O) groups is 2. The smallest absolute Gasteiger partial charge is 0.267 e. The molecule has 2 aromatic heterocycles. The van der Waals surface area contributed by atoms with Crippen molar-refractivity contribution in [2.75, 3.05) is 5.32 Å². The van der Waals surface area contributed by atoms with Crippen LogP contribution in [-0.4, -0.2) is 16.8 Å². The van der Waals surface area contributed by atoms with E-state index in [1.165, 1.54) is 34.8 Å². The third-order valence-electron chi connectivity index (χ3n) is 4.32. The summed E-state index contributed by atoms with van der Waals surface area (Å²) >= 11 is 2.63. The number of carbonyl (C=O) groups excluding carboxylic acids is 2. The number of rotatable bonds is 8. The van der Waals surface area contributed by atoms with Gasteiger partial charge in [0.1, 0.15) is 17.3 Å². The van der Waals surface area contributed by atoms with Gasteiger partial charge < -0.3 is 10.1 Å². The maximum atomic E-state index is 13.0. The molecule has 162 valence electrons. The summed E-state index contributed by atoms with van der Waals surface area (Å²) in [6, 6.07) is 16.6. The predicted molar refractivity (Wildman–Crippen MR) is 123 cm³/mol. The van der Waals surface area contributed by atoms with Gasteiger partial charge >= 0.3 is 0 Å². The Labute approximate surface area is 191 Å². The average molecular weight is 468 g/mol. The van der Waals surface area contributed by atoms with Gasteiger partial charge in [0, 0.05) is 11.9 Å². The number of thiophene rings is 1. The molecule has 0 saturated carbocycles. The minimum atomic E-state index is -0.319. The van der Waals surface area contributed by atoms with Gasteiger partial charge in [0.05, 0.1) is 17.0 Å². The van der Waals surface area contributed by atoms with Gasteiger partial charge in [-0.25, -0.2) is 9.37 Å². The lowest BCUT2D eigenvalue weighted by Gasteiger charge is -2.08. The summed E-state index contributed by atoms with van der Waals surface area (Å²) in [6.45, 7) is 0.363. The van der Waals surface area contributed by atoms with E-state index < -0.39 is 0 Å². The summed E-state index contributed by atoms with van der Waals surface area (Å²) in [5.74, 6) is 0.462. The summed E-state index contributed by atoms with van der Waals surface area (Å²) < 4.78 is 18.6. The molecule has 0 fully saturated rings. The topological polar surface area (TPSA) is 80.3 Å². The molecule has 0 spiro atoms. The number of nitrogens with one attached hydrogen (secondary N) is 2. The van der Waals surface area contributed by atoms with Crippen LogP contribution in [0.3, 0.4) is 0 Å². The maximum Gasteiger partial charge on any atom is 0.267 e. The number of aromatic nitrogens is 1. The molecule has 0 atom stereocenters. The average Bonchev–Trinajstić information content (AvgIpc) is 3.47. The lowest BCUT2D eigenvalue weighted by molar-refractivity contribution is -0.120. The van der Waals surface area contributed by atoms with E-state index in [-0.39, 0.29) is 24.1 Å². The van der Waals surface area contributed by atoms with Crippen molar-refractivity contribution >= 4 is 39.6 Å². The van der Waals surface area contributed by atoms with Crippen molar-refractivity contribution in [2.45, 2.75) is 13.0 Å². The van der Waals surface area contributed by atoms with E-state index in [1.807, 2.05) is 23.6 Å². The molecule has 0 aliphatic carbocycles. The summed E-state index contributed by atoms with van der Waals surface area (Å²) in [4.78, 5) is 29.2. The second kappa shape index (κ2) is 10.2. The molecule has 2 N–H and O–H groups in total. The first-order valence-corrected chi connectivity index (χ1v) is 11.4. The zero-order valence-electron chi connectivity index (χ0n) is 16.7. The van der Waals surface area contributed by atoms with Gasteiger partial charge in [-0.3, -0.25) is 14.9 Å². The number of hydrogen-bond donors (Lipinski definition) is 2. The van der Waals surface area contributed by atoms with Gasteiger partial charge in [0.25, 0.3) is 5.91 Å². The van der Waals surface area contributed by atoms with Crippen molar-refractivity contribution in [1.29, 1.82) is 0 Å². The van der Waals surface area contributed by atoms with E-state index in [2.05, 4.69) is 15.6 Å². The molecule has 0 unspecified atom stereocenters. The molecule has 6 nitrogen and oxygen atoms in total. The van der Waals surface area contributed by atoms with Gasteiger partial charge in [-0.15, -0.1) is 22.7 Å². The first-order chi connectivity index (χ1) is 15.5. The molecule has 4 aromatic rings. The second-order valence-electron chi connectivity index (χ2n) is 6.73. The largest absolute Gasteiger partial charge is 0.457 e. The van der Waals surface area contributed by atoms with Crippen LogP contribution < -0.4 is 15.4 Å². The van der Waals surface area contributed by atoms with Crippen LogP contribution >= 0.6 is 22.7 Å². The number of benzene rings is 2. The second-order valence-corrected chi connectivity index (χ2v) is 8.53. The number of halogens is 1. The Bertz CT molecular complexity index is 1190. The first kappa shape index (κ1) is 21.7. The Hall–Kier alpha value is -3.56. The number of amides is 2. The normalized spacial score (nSPS) is 10.5. The molecule has 2 aromatic carbocycles. The summed E-state index contributed by atoms with van der Waals surface area (Å²) in [7, 11) is 0. The zero-order valence-corrected chi connectivity index (χ0v) is 18.3. The number of ether oxygens (including phenoxy) is 1. The van der Waals surface area contributed by atoms with Crippen LogP contribution in [0.5, 0.6) is 11.5 Å². The van der Waals surface area contributed by atoms with E-state index in [9.17, 15) is 14.0 Å². The molecule has 9 heteroatoms. The Morgan fingerprint density at radius 3 is 2.38 bits per heavy atom. The van der Waals surface area contributed by atoms with Gasteiger partial charge in [-0.2, -0.15) is 0 Å². The van der Waals surface area contributed by atoms with Crippen LogP contribution in [0.4, 0.5) is 9.52 Å². The standard InChI is InChI=1S/C23H18FN3O3S2/c24-16-5-9-19(10-6-16)30-18-7-3-15(4-8-18)13-25-21(28)12-17-14-32-23(26-17)27-22(29)20-2-1-11-31-20/h1-11,14H,12-13H2,(H,25,28)(H,26,27,29). The minimum absolute atomic E-state index is 0.122. The monoisotopic (exact) mass is 467 g/mol. The molecule has 2 amide bonds. The van der Waals surface area contributed by atoms with Crippen LogP contribution in [0.15, 0.2) is 71.4 Å². The Kier molecular flexibility index (Phi) is 6.88. The van der Waals surface area contributed by atoms with Crippen molar-refractivity contribution in [3.63, 3.8) is 0 Å². The fourth-order valence-electron chi connectivity index (χ4n) is 2.75. The Balaban J connectivity index is 1.24. The number of hydrogen-bond acceptors (Lipinski definition) is 6. The molecule has 0 aliphatic heterocycles. The van der Waals surface area contributed by atoms with Crippen molar-refractivity contribution in [1.82, 2.24) is 10.3 Å². The SMILES string of the molecule is O=C(Cc1csc(NC(=O)c2cccs2)n1)NCc1ccc(Oc2ccc(F)cc2)cc1. The molecular weight excluding hydrogens is 449 g/mol. The highest BCUT2D eigenvalue weighted by molar-refractivity contribution is 7.14. The molecule has 32 heavy (non-hydrogen) atoms. The highest BCUT2D eigenvalue weighted by atomic mass is 32.1. The van der Waals surface area contributed by atoms with Crippen LogP contribution in [0.1, 0.15) is 20.9 Å². The number of nitrogens with zero attached hydrogens (tertiary/aromatic N) is 1. The first-order valence-electron chi connectivity index (χ1n) is 9.63. The lowest BCUT2D eigenvalue weighted by atomic mass is 10.2. The van der Waals surface area contributed by atoms with Crippen LogP contribution in [0.25, 0.3) is 0 Å². The van der Waals surface area contributed by atoms with Crippen molar-refractivity contribution < 1.29 is 18.7 Å². The van der Waals surface area contributed by atoms with Crippen LogP contribution in [0.2, 0.25) is 0 Å². The molecule has 0 saturated heterocycles. The van der Waals surface area contributed by atoms with Gasteiger partial charge in [0.2, 0.25) is 5.91 Å². The zero-order chi connectivity index (χ0) is 22.3. The number of anilines is 1. The third kappa shape index (κ3) is 5.99. The molecule has 0 radical (unpaired) electrons. The highest BCUT2D eigenvalue weighted by Crippen LogP contribution is 2.22.